The Kier molecular flexibility index (Phi) is 5.40. The molecule has 0 radical (unpaired) electrons. The van der Waals surface area contributed by atoms with E-state index < -0.39 is 5.54 Å². The van der Waals surface area contributed by atoms with Crippen LogP contribution in [0.3, 0.4) is 0 Å². The highest BCUT2D eigenvalue weighted by Crippen LogP contribution is 2.16. The Morgan fingerprint density at radius 3 is 2.53 bits per heavy atom. The molecule has 1 fully saturated rings. The van der Waals surface area contributed by atoms with Gasteiger partial charge in [0.2, 0.25) is 0 Å². The number of rotatable bonds is 5. The molecule has 4 nitrogen and oxygen atoms in total. The van der Waals surface area contributed by atoms with Gasteiger partial charge in [0.25, 0.3) is 0 Å². The first-order valence-corrected chi connectivity index (χ1v) is 6.56. The Bertz CT molecular complexity index is 246. The minimum atomic E-state index is -0.570. The molecule has 1 N–H and O–H groups in total. The number of carbonyl (C=O) groups excluding carboxylic acids is 1. The normalized spacial score (nSPS) is 19.3. The van der Waals surface area contributed by atoms with Crippen molar-refractivity contribution in [2.24, 2.45) is 5.92 Å². The van der Waals surface area contributed by atoms with E-state index in [1.807, 2.05) is 20.8 Å². The molecule has 1 heterocycles. The van der Waals surface area contributed by atoms with Gasteiger partial charge in [-0.3, -0.25) is 4.79 Å². The van der Waals surface area contributed by atoms with E-state index in [2.05, 4.69) is 17.3 Å². The topological polar surface area (TPSA) is 41.6 Å². The minimum Gasteiger partial charge on any atom is -0.465 e. The largest absolute Gasteiger partial charge is 0.465 e. The smallest absolute Gasteiger partial charge is 0.325 e. The molecule has 0 spiro atoms. The van der Waals surface area contributed by atoms with E-state index in [9.17, 15) is 4.79 Å². The summed E-state index contributed by atoms with van der Waals surface area (Å²) in [7, 11) is 2.16. The molecule has 0 bridgehead atoms. The van der Waals surface area contributed by atoms with Gasteiger partial charge in [0.15, 0.2) is 0 Å². The minimum absolute atomic E-state index is 0.159. The van der Waals surface area contributed by atoms with Crippen molar-refractivity contribution in [2.75, 3.05) is 33.3 Å². The Hall–Kier alpha value is -0.610. The molecule has 1 aliphatic heterocycles. The molecule has 1 saturated heterocycles. The summed E-state index contributed by atoms with van der Waals surface area (Å²) in [6.45, 7) is 9.28. The molecule has 1 rings (SSSR count). The van der Waals surface area contributed by atoms with Crippen LogP contribution in [0.2, 0.25) is 0 Å². The van der Waals surface area contributed by atoms with Gasteiger partial charge in [0.05, 0.1) is 6.61 Å². The van der Waals surface area contributed by atoms with Gasteiger partial charge in [-0.1, -0.05) is 0 Å². The monoisotopic (exact) mass is 242 g/mol. The van der Waals surface area contributed by atoms with Gasteiger partial charge in [0.1, 0.15) is 5.54 Å². The molecule has 100 valence electrons. The van der Waals surface area contributed by atoms with Crippen LogP contribution in [-0.4, -0.2) is 49.7 Å². The van der Waals surface area contributed by atoms with Gasteiger partial charge in [0, 0.05) is 0 Å². The molecule has 17 heavy (non-hydrogen) atoms. The maximum absolute atomic E-state index is 11.7. The van der Waals surface area contributed by atoms with Crippen molar-refractivity contribution >= 4 is 5.97 Å². The third kappa shape index (κ3) is 4.64. The molecule has 0 aromatic carbocycles. The second kappa shape index (κ2) is 6.36. The number of nitrogens with zero attached hydrogens (tertiary/aromatic N) is 1. The Balaban J connectivity index is 2.31. The molecule has 0 aromatic heterocycles. The predicted octanol–water partition coefficient (Wildman–Crippen LogP) is 1.26. The van der Waals surface area contributed by atoms with Crippen molar-refractivity contribution in [3.63, 3.8) is 0 Å². The van der Waals surface area contributed by atoms with Gasteiger partial charge in [-0.15, -0.1) is 0 Å². The lowest BCUT2D eigenvalue weighted by Crippen LogP contribution is -2.50. The van der Waals surface area contributed by atoms with Crippen molar-refractivity contribution in [3.8, 4) is 0 Å². The molecule has 0 aliphatic carbocycles. The van der Waals surface area contributed by atoms with Crippen LogP contribution >= 0.6 is 0 Å². The van der Waals surface area contributed by atoms with Crippen LogP contribution in [-0.2, 0) is 9.53 Å². The molecular weight excluding hydrogens is 216 g/mol. The summed E-state index contributed by atoms with van der Waals surface area (Å²) in [5, 5.41) is 3.34. The molecule has 0 aromatic rings. The van der Waals surface area contributed by atoms with E-state index in [0.717, 1.165) is 19.6 Å². The van der Waals surface area contributed by atoms with E-state index in [0.29, 0.717) is 12.5 Å². The highest BCUT2D eigenvalue weighted by Gasteiger charge is 2.29. The quantitative estimate of drug-likeness (QED) is 0.737. The fourth-order valence-electron chi connectivity index (χ4n) is 2.05. The van der Waals surface area contributed by atoms with Crippen LogP contribution in [0.1, 0.15) is 33.6 Å². The summed E-state index contributed by atoms with van der Waals surface area (Å²) in [5.41, 5.74) is -0.570. The summed E-state index contributed by atoms with van der Waals surface area (Å²) in [5.74, 6) is 0.521. The van der Waals surface area contributed by atoms with Gasteiger partial charge >= 0.3 is 5.97 Å². The second-order valence-electron chi connectivity index (χ2n) is 5.47. The van der Waals surface area contributed by atoms with Gasteiger partial charge < -0.3 is 15.0 Å². The lowest BCUT2D eigenvalue weighted by Gasteiger charge is -2.32. The standard InChI is InChI=1S/C13H26N2O2/c1-5-17-12(16)13(2,3)14-10-11-6-8-15(4)9-7-11/h11,14H,5-10H2,1-4H3. The Morgan fingerprint density at radius 2 is 2.00 bits per heavy atom. The highest BCUT2D eigenvalue weighted by atomic mass is 16.5. The van der Waals surface area contributed by atoms with Crippen LogP contribution in [0.25, 0.3) is 0 Å². The number of likely N-dealkylation sites (tertiary alicyclic amines) is 1. The average molecular weight is 242 g/mol. The van der Waals surface area contributed by atoms with E-state index in [-0.39, 0.29) is 5.97 Å². The van der Waals surface area contributed by atoms with Crippen LogP contribution < -0.4 is 5.32 Å². The van der Waals surface area contributed by atoms with Crippen LogP contribution in [0.4, 0.5) is 0 Å². The fourth-order valence-corrected chi connectivity index (χ4v) is 2.05. The van der Waals surface area contributed by atoms with Crippen LogP contribution in [0, 0.1) is 5.92 Å². The lowest BCUT2D eigenvalue weighted by atomic mass is 9.95. The van der Waals surface area contributed by atoms with Crippen molar-refractivity contribution < 1.29 is 9.53 Å². The third-order valence-corrected chi connectivity index (χ3v) is 3.46. The molecular formula is C13H26N2O2. The predicted molar refractivity (Wildman–Crippen MR) is 68.9 cm³/mol. The highest BCUT2D eigenvalue weighted by molar-refractivity contribution is 5.79. The zero-order chi connectivity index (χ0) is 12.9. The number of ether oxygens (including phenoxy) is 1. The first-order chi connectivity index (χ1) is 7.95. The van der Waals surface area contributed by atoms with Crippen molar-refractivity contribution in [2.45, 2.75) is 39.2 Å². The number of esters is 1. The molecule has 1 aliphatic rings. The molecule has 0 unspecified atom stereocenters. The van der Waals surface area contributed by atoms with Gasteiger partial charge in [-0.25, -0.2) is 0 Å². The lowest BCUT2D eigenvalue weighted by molar-refractivity contribution is -0.149. The SMILES string of the molecule is CCOC(=O)C(C)(C)NCC1CCN(C)CC1. The molecule has 0 atom stereocenters. The molecule has 0 saturated carbocycles. The zero-order valence-corrected chi connectivity index (χ0v) is 11.6. The first kappa shape index (κ1) is 14.5. The van der Waals surface area contributed by atoms with Crippen LogP contribution in [0.5, 0.6) is 0 Å². The fraction of sp³-hybridized carbons (Fsp3) is 0.923. The van der Waals surface area contributed by atoms with E-state index in [1.165, 1.54) is 12.8 Å². The second-order valence-corrected chi connectivity index (χ2v) is 5.47. The summed E-state index contributed by atoms with van der Waals surface area (Å²) in [6.07, 6.45) is 2.42. The number of piperidine rings is 1. The Morgan fingerprint density at radius 1 is 1.41 bits per heavy atom. The number of carbonyl (C=O) groups is 1. The Labute approximate surface area is 105 Å². The summed E-state index contributed by atoms with van der Waals surface area (Å²) in [6, 6.07) is 0. The van der Waals surface area contributed by atoms with Gasteiger partial charge in [-0.05, 0) is 66.2 Å². The van der Waals surface area contributed by atoms with Crippen LogP contribution in [0.15, 0.2) is 0 Å². The van der Waals surface area contributed by atoms with Crippen molar-refractivity contribution in [1.29, 1.82) is 0 Å². The van der Waals surface area contributed by atoms with E-state index in [4.69, 9.17) is 4.74 Å². The zero-order valence-electron chi connectivity index (χ0n) is 11.6. The maximum atomic E-state index is 11.7. The summed E-state index contributed by atoms with van der Waals surface area (Å²) in [4.78, 5) is 14.1. The van der Waals surface area contributed by atoms with E-state index >= 15 is 0 Å². The molecule has 4 heteroatoms. The van der Waals surface area contributed by atoms with Crippen molar-refractivity contribution in [3.05, 3.63) is 0 Å². The first-order valence-electron chi connectivity index (χ1n) is 6.56. The van der Waals surface area contributed by atoms with Gasteiger partial charge in [-0.2, -0.15) is 0 Å². The molecule has 0 amide bonds. The van der Waals surface area contributed by atoms with E-state index in [1.54, 1.807) is 0 Å². The van der Waals surface area contributed by atoms with Crippen molar-refractivity contribution in [1.82, 2.24) is 10.2 Å². The number of nitrogens with one attached hydrogen (secondary N) is 1. The number of hydrogen-bond acceptors (Lipinski definition) is 4. The average Bonchev–Trinajstić information content (AvgIpc) is 2.29. The maximum Gasteiger partial charge on any atom is 0.325 e. The summed E-state index contributed by atoms with van der Waals surface area (Å²) < 4.78 is 5.05. The summed E-state index contributed by atoms with van der Waals surface area (Å²) >= 11 is 0. The third-order valence-electron chi connectivity index (χ3n) is 3.46. The number of hydrogen-bond donors (Lipinski definition) is 1.